The zero-order valence-corrected chi connectivity index (χ0v) is 12.8. The third-order valence-corrected chi connectivity index (χ3v) is 6.22. The van der Waals surface area contributed by atoms with Gasteiger partial charge in [0.15, 0.2) is 0 Å². The van der Waals surface area contributed by atoms with Gasteiger partial charge >= 0.3 is 5.97 Å². The molecule has 1 heterocycles. The Kier molecular flexibility index (Phi) is 3.57. The van der Waals surface area contributed by atoms with Crippen molar-refractivity contribution in [3.05, 3.63) is 18.0 Å². The van der Waals surface area contributed by atoms with Gasteiger partial charge in [0.1, 0.15) is 10.6 Å². The number of carboxylic acid groups (broad SMARTS) is 1. The average Bonchev–Trinajstić information content (AvgIpc) is 3.11. The van der Waals surface area contributed by atoms with Crippen LogP contribution in [-0.4, -0.2) is 42.0 Å². The maximum absolute atomic E-state index is 12.6. The minimum Gasteiger partial charge on any atom is -0.477 e. The Morgan fingerprint density at radius 2 is 2.05 bits per heavy atom. The van der Waals surface area contributed by atoms with Gasteiger partial charge in [0.05, 0.1) is 0 Å². The molecule has 0 spiro atoms. The molecule has 0 radical (unpaired) electrons. The molecule has 2 fully saturated rings. The van der Waals surface area contributed by atoms with E-state index in [1.165, 1.54) is 23.0 Å². The third-order valence-electron chi connectivity index (χ3n) is 4.43. The molecule has 2 saturated carbocycles. The Bertz CT molecular complexity index is 657. The van der Waals surface area contributed by atoms with Crippen LogP contribution in [-0.2, 0) is 10.0 Å². The van der Waals surface area contributed by atoms with E-state index in [1.807, 2.05) is 0 Å². The van der Waals surface area contributed by atoms with E-state index in [1.54, 1.807) is 11.6 Å². The number of carboxylic acids is 1. The molecule has 21 heavy (non-hydrogen) atoms. The Labute approximate surface area is 124 Å². The highest BCUT2D eigenvalue weighted by atomic mass is 32.2. The van der Waals surface area contributed by atoms with Gasteiger partial charge in [-0.25, -0.2) is 17.5 Å². The number of hydrogen-bond acceptors (Lipinski definition) is 3. The highest BCUT2D eigenvalue weighted by molar-refractivity contribution is 7.89. The number of rotatable bonds is 6. The van der Waals surface area contributed by atoms with Crippen LogP contribution < -0.4 is 0 Å². The summed E-state index contributed by atoms with van der Waals surface area (Å²) in [5.74, 6) is -0.640. The minimum absolute atomic E-state index is 0.0631. The van der Waals surface area contributed by atoms with Crippen molar-refractivity contribution >= 4 is 16.0 Å². The first kappa shape index (κ1) is 14.6. The van der Waals surface area contributed by atoms with Crippen LogP contribution in [0.1, 0.15) is 48.6 Å². The van der Waals surface area contributed by atoms with E-state index < -0.39 is 16.0 Å². The number of nitrogens with zero attached hydrogens (tertiary/aromatic N) is 2. The molecule has 7 heteroatoms. The van der Waals surface area contributed by atoms with Gasteiger partial charge in [0, 0.05) is 25.8 Å². The molecule has 3 rings (SSSR count). The van der Waals surface area contributed by atoms with Crippen LogP contribution in [0.5, 0.6) is 0 Å². The van der Waals surface area contributed by atoms with E-state index in [9.17, 15) is 18.3 Å². The van der Waals surface area contributed by atoms with Crippen LogP contribution in [0.3, 0.4) is 0 Å². The van der Waals surface area contributed by atoms with Crippen molar-refractivity contribution in [2.75, 3.05) is 13.6 Å². The quantitative estimate of drug-likeness (QED) is 0.870. The zero-order valence-electron chi connectivity index (χ0n) is 12.0. The Morgan fingerprint density at radius 1 is 1.38 bits per heavy atom. The second-order valence-electron chi connectivity index (χ2n) is 6.09. The Balaban J connectivity index is 1.87. The highest BCUT2D eigenvalue weighted by Gasteiger charge is 2.32. The van der Waals surface area contributed by atoms with Crippen molar-refractivity contribution in [3.8, 4) is 0 Å². The molecule has 0 bridgehead atoms. The molecule has 0 saturated heterocycles. The predicted octanol–water partition coefficient (Wildman–Crippen LogP) is 1.94. The topological polar surface area (TPSA) is 79.6 Å². The minimum atomic E-state index is -3.60. The summed E-state index contributed by atoms with van der Waals surface area (Å²) in [5, 5.41) is 9.22. The van der Waals surface area contributed by atoms with E-state index >= 15 is 0 Å². The van der Waals surface area contributed by atoms with Gasteiger partial charge in [-0.05, 0) is 37.7 Å². The van der Waals surface area contributed by atoms with Crippen molar-refractivity contribution in [1.29, 1.82) is 0 Å². The largest absolute Gasteiger partial charge is 0.477 e. The first-order valence-corrected chi connectivity index (χ1v) is 8.75. The average molecular weight is 312 g/mol. The van der Waals surface area contributed by atoms with Crippen molar-refractivity contribution < 1.29 is 18.3 Å². The fourth-order valence-electron chi connectivity index (χ4n) is 2.74. The van der Waals surface area contributed by atoms with E-state index in [2.05, 4.69) is 0 Å². The van der Waals surface area contributed by atoms with Gasteiger partial charge in [0.25, 0.3) is 0 Å². The smallest absolute Gasteiger partial charge is 0.352 e. The van der Waals surface area contributed by atoms with Crippen molar-refractivity contribution in [1.82, 2.24) is 8.87 Å². The van der Waals surface area contributed by atoms with Crippen molar-refractivity contribution in [2.45, 2.75) is 43.0 Å². The summed E-state index contributed by atoms with van der Waals surface area (Å²) in [6, 6.07) is 1.42. The number of aromatic carboxylic acids is 1. The summed E-state index contributed by atoms with van der Waals surface area (Å²) in [6.07, 6.45) is 6.61. The molecule has 0 aromatic carbocycles. The monoisotopic (exact) mass is 312 g/mol. The maximum atomic E-state index is 12.6. The fourth-order valence-corrected chi connectivity index (χ4v) is 4.01. The second-order valence-corrected chi connectivity index (χ2v) is 8.13. The predicted molar refractivity (Wildman–Crippen MR) is 76.8 cm³/mol. The highest BCUT2D eigenvalue weighted by Crippen LogP contribution is 2.37. The van der Waals surface area contributed by atoms with Crippen LogP contribution in [0.15, 0.2) is 17.2 Å². The van der Waals surface area contributed by atoms with E-state index in [0.717, 1.165) is 25.7 Å². The zero-order chi connectivity index (χ0) is 15.2. The first-order chi connectivity index (χ1) is 9.89. The molecular formula is C14H20N2O4S. The van der Waals surface area contributed by atoms with Crippen LogP contribution >= 0.6 is 0 Å². The lowest BCUT2D eigenvalue weighted by molar-refractivity contribution is 0.0685. The standard InChI is InChI=1S/C14H20N2O4S/c1-15(8-10-3-2-4-10)21(19,20)12-7-13(14(17)18)16(9-12)11-5-6-11/h7,9-11H,2-6,8H2,1H3,(H,17,18). The van der Waals surface area contributed by atoms with Crippen LogP contribution in [0.2, 0.25) is 0 Å². The van der Waals surface area contributed by atoms with Gasteiger partial charge in [-0.3, -0.25) is 0 Å². The van der Waals surface area contributed by atoms with Crippen molar-refractivity contribution in [2.24, 2.45) is 5.92 Å². The van der Waals surface area contributed by atoms with E-state index in [0.29, 0.717) is 12.5 Å². The number of aromatic nitrogens is 1. The molecule has 6 nitrogen and oxygen atoms in total. The van der Waals surface area contributed by atoms with E-state index in [-0.39, 0.29) is 16.6 Å². The molecule has 1 N–H and O–H groups in total. The van der Waals surface area contributed by atoms with Gasteiger partial charge < -0.3 is 9.67 Å². The summed E-state index contributed by atoms with van der Waals surface area (Å²) in [7, 11) is -2.03. The first-order valence-electron chi connectivity index (χ1n) is 7.31. The van der Waals surface area contributed by atoms with Crippen LogP contribution in [0.4, 0.5) is 0 Å². The Morgan fingerprint density at radius 3 is 2.52 bits per heavy atom. The molecule has 0 amide bonds. The van der Waals surface area contributed by atoms with Crippen LogP contribution in [0, 0.1) is 5.92 Å². The summed E-state index contributed by atoms with van der Waals surface area (Å²) >= 11 is 0. The molecule has 116 valence electrons. The number of sulfonamides is 1. The third kappa shape index (κ3) is 2.72. The van der Waals surface area contributed by atoms with Gasteiger partial charge in [0.2, 0.25) is 10.0 Å². The normalized spacial score (nSPS) is 19.7. The lowest BCUT2D eigenvalue weighted by Gasteiger charge is -2.29. The second kappa shape index (κ2) is 5.14. The molecule has 0 atom stereocenters. The van der Waals surface area contributed by atoms with E-state index in [4.69, 9.17) is 0 Å². The molecule has 2 aliphatic rings. The molecule has 0 aliphatic heterocycles. The summed E-state index contributed by atoms with van der Waals surface area (Å²) in [4.78, 5) is 11.4. The fraction of sp³-hybridized carbons (Fsp3) is 0.643. The van der Waals surface area contributed by atoms with Crippen molar-refractivity contribution in [3.63, 3.8) is 0 Å². The lowest BCUT2D eigenvalue weighted by atomic mass is 9.86. The van der Waals surface area contributed by atoms with Gasteiger partial charge in [-0.15, -0.1) is 0 Å². The lowest BCUT2D eigenvalue weighted by Crippen LogP contribution is -2.34. The van der Waals surface area contributed by atoms with Gasteiger partial charge in [-0.2, -0.15) is 0 Å². The summed E-state index contributed by atoms with van der Waals surface area (Å²) < 4.78 is 28.1. The summed E-state index contributed by atoms with van der Waals surface area (Å²) in [5.41, 5.74) is 0.0631. The number of carbonyl (C=O) groups is 1. The molecular weight excluding hydrogens is 292 g/mol. The number of hydrogen-bond donors (Lipinski definition) is 1. The Hall–Kier alpha value is -1.34. The molecule has 1 aromatic heterocycles. The molecule has 2 aliphatic carbocycles. The maximum Gasteiger partial charge on any atom is 0.352 e. The van der Waals surface area contributed by atoms with Gasteiger partial charge in [-0.1, -0.05) is 6.42 Å². The molecule has 0 unspecified atom stereocenters. The SMILES string of the molecule is CN(CC1CCC1)S(=O)(=O)c1cc(C(=O)O)n(C2CC2)c1. The van der Waals surface area contributed by atoms with Crippen LogP contribution in [0.25, 0.3) is 0 Å². The summed E-state index contributed by atoms with van der Waals surface area (Å²) in [6.45, 7) is 0.513. The molecule has 1 aromatic rings.